The molecule has 3 N–H and O–H groups in total. The maximum absolute atomic E-state index is 8.60. The van der Waals surface area contributed by atoms with Gasteiger partial charge in [0.05, 0.1) is 12.5 Å². The van der Waals surface area contributed by atoms with Crippen molar-refractivity contribution < 1.29 is 0 Å². The number of nitriles is 1. The molecular formula is C11H13N3. The Balaban J connectivity index is 2.16. The third-order valence-electron chi connectivity index (χ3n) is 2.36. The highest BCUT2D eigenvalue weighted by Crippen LogP contribution is 2.26. The molecule has 0 amide bonds. The van der Waals surface area contributed by atoms with E-state index >= 15 is 0 Å². The van der Waals surface area contributed by atoms with Gasteiger partial charge in [-0.2, -0.15) is 5.26 Å². The molecule has 1 aromatic carbocycles. The number of nitrogens with zero attached hydrogens (tertiary/aromatic N) is 1. The highest BCUT2D eigenvalue weighted by molar-refractivity contribution is 5.58. The molecule has 0 atom stereocenters. The van der Waals surface area contributed by atoms with Crippen molar-refractivity contribution in [2.24, 2.45) is 0 Å². The number of benzene rings is 1. The molecule has 0 bridgehead atoms. The van der Waals surface area contributed by atoms with Gasteiger partial charge >= 0.3 is 0 Å². The fourth-order valence-corrected chi connectivity index (χ4v) is 1.40. The number of nitrogen functional groups attached to an aromatic ring is 1. The Morgan fingerprint density at radius 2 is 2.29 bits per heavy atom. The number of anilines is 2. The maximum Gasteiger partial charge on any atom is 0.0670 e. The lowest BCUT2D eigenvalue weighted by Crippen LogP contribution is -2.02. The Morgan fingerprint density at radius 3 is 2.93 bits per heavy atom. The minimum Gasteiger partial charge on any atom is -0.398 e. The van der Waals surface area contributed by atoms with Crippen molar-refractivity contribution in [1.82, 2.24) is 0 Å². The zero-order chi connectivity index (χ0) is 9.97. The van der Waals surface area contributed by atoms with Crippen molar-refractivity contribution in [2.75, 3.05) is 11.1 Å². The molecule has 1 aliphatic rings. The van der Waals surface area contributed by atoms with E-state index in [1.54, 1.807) is 0 Å². The molecule has 72 valence electrons. The molecule has 0 aromatic heterocycles. The molecule has 1 aromatic rings. The number of hydrogen-bond acceptors (Lipinski definition) is 3. The van der Waals surface area contributed by atoms with E-state index in [9.17, 15) is 0 Å². The lowest BCUT2D eigenvalue weighted by atomic mass is 10.1. The van der Waals surface area contributed by atoms with Crippen LogP contribution in [0.4, 0.5) is 11.4 Å². The first-order valence-electron chi connectivity index (χ1n) is 4.81. The van der Waals surface area contributed by atoms with Crippen LogP contribution in [0.25, 0.3) is 0 Å². The molecule has 1 aliphatic carbocycles. The Labute approximate surface area is 83.5 Å². The number of rotatable bonds is 3. The summed E-state index contributed by atoms with van der Waals surface area (Å²) in [4.78, 5) is 0. The third-order valence-corrected chi connectivity index (χ3v) is 2.36. The van der Waals surface area contributed by atoms with Crippen LogP contribution in [0, 0.1) is 11.3 Å². The highest BCUT2D eigenvalue weighted by Gasteiger charge is 2.20. The van der Waals surface area contributed by atoms with E-state index in [4.69, 9.17) is 11.0 Å². The lowest BCUT2D eigenvalue weighted by molar-refractivity contribution is 1.15. The van der Waals surface area contributed by atoms with Gasteiger partial charge in [0.2, 0.25) is 0 Å². The summed E-state index contributed by atoms with van der Waals surface area (Å²) in [5.74, 6) is 0. The molecule has 14 heavy (non-hydrogen) atoms. The third kappa shape index (κ3) is 1.97. The normalized spacial score (nSPS) is 14.8. The van der Waals surface area contributed by atoms with Gasteiger partial charge < -0.3 is 11.1 Å². The minimum absolute atomic E-state index is 0.381. The molecule has 0 saturated heterocycles. The van der Waals surface area contributed by atoms with Gasteiger partial charge in [-0.25, -0.2) is 0 Å². The number of nitrogens with two attached hydrogens (primary N) is 1. The molecular weight excluding hydrogens is 174 g/mol. The van der Waals surface area contributed by atoms with Gasteiger partial charge in [0.25, 0.3) is 0 Å². The molecule has 3 nitrogen and oxygen atoms in total. The summed E-state index contributed by atoms with van der Waals surface area (Å²) in [6.07, 6.45) is 2.88. The molecule has 2 rings (SSSR count). The summed E-state index contributed by atoms with van der Waals surface area (Å²) >= 11 is 0. The van der Waals surface area contributed by atoms with E-state index < -0.39 is 0 Å². The first-order valence-corrected chi connectivity index (χ1v) is 4.81. The SMILES string of the molecule is N#CCc1cc(NC2CC2)ccc1N. The van der Waals surface area contributed by atoms with Crippen LogP contribution in [0.15, 0.2) is 18.2 Å². The molecule has 1 fully saturated rings. The second kappa shape index (κ2) is 3.59. The summed E-state index contributed by atoms with van der Waals surface area (Å²) in [6.45, 7) is 0. The predicted octanol–water partition coefficient (Wildman–Crippen LogP) is 1.91. The van der Waals surface area contributed by atoms with Gasteiger partial charge in [-0.3, -0.25) is 0 Å². The summed E-state index contributed by atoms with van der Waals surface area (Å²) in [5, 5.41) is 12.0. The summed E-state index contributed by atoms with van der Waals surface area (Å²) < 4.78 is 0. The van der Waals surface area contributed by atoms with Crippen LogP contribution >= 0.6 is 0 Å². The molecule has 3 heteroatoms. The van der Waals surface area contributed by atoms with Gasteiger partial charge in [0, 0.05) is 17.4 Å². The van der Waals surface area contributed by atoms with Crippen LogP contribution in [-0.4, -0.2) is 6.04 Å². The van der Waals surface area contributed by atoms with Crippen molar-refractivity contribution >= 4 is 11.4 Å². The van der Waals surface area contributed by atoms with Gasteiger partial charge in [0.1, 0.15) is 0 Å². The second-order valence-corrected chi connectivity index (χ2v) is 3.67. The largest absolute Gasteiger partial charge is 0.398 e. The Morgan fingerprint density at radius 1 is 1.50 bits per heavy atom. The predicted molar refractivity (Wildman–Crippen MR) is 56.8 cm³/mol. The van der Waals surface area contributed by atoms with E-state index in [0.717, 1.165) is 11.3 Å². The minimum atomic E-state index is 0.381. The number of nitrogens with one attached hydrogen (secondary N) is 1. The van der Waals surface area contributed by atoms with Gasteiger partial charge in [-0.15, -0.1) is 0 Å². The average Bonchev–Trinajstić information content (AvgIpc) is 2.95. The van der Waals surface area contributed by atoms with Crippen LogP contribution in [0.5, 0.6) is 0 Å². The molecule has 0 radical (unpaired) electrons. The van der Waals surface area contributed by atoms with Crippen molar-refractivity contribution in [1.29, 1.82) is 5.26 Å². The molecule has 0 heterocycles. The molecule has 0 aliphatic heterocycles. The molecule has 1 saturated carbocycles. The van der Waals surface area contributed by atoms with Gasteiger partial charge in [0.15, 0.2) is 0 Å². The van der Waals surface area contributed by atoms with Crippen LogP contribution in [0.3, 0.4) is 0 Å². The Kier molecular flexibility index (Phi) is 2.28. The van der Waals surface area contributed by atoms with E-state index in [-0.39, 0.29) is 0 Å². The first kappa shape index (κ1) is 8.89. The van der Waals surface area contributed by atoms with Crippen molar-refractivity contribution in [3.05, 3.63) is 23.8 Å². The first-order chi connectivity index (χ1) is 6.79. The van der Waals surface area contributed by atoms with E-state index in [1.165, 1.54) is 12.8 Å². The van der Waals surface area contributed by atoms with E-state index in [1.807, 2.05) is 18.2 Å². The maximum atomic E-state index is 8.60. The van der Waals surface area contributed by atoms with Crippen LogP contribution in [0.2, 0.25) is 0 Å². The van der Waals surface area contributed by atoms with Crippen molar-refractivity contribution in [2.45, 2.75) is 25.3 Å². The summed E-state index contributed by atoms with van der Waals surface area (Å²) in [5.41, 5.74) is 8.44. The quantitative estimate of drug-likeness (QED) is 0.710. The summed E-state index contributed by atoms with van der Waals surface area (Å²) in [6, 6.07) is 8.54. The van der Waals surface area contributed by atoms with Crippen molar-refractivity contribution in [3.8, 4) is 6.07 Å². The Bertz CT molecular complexity index is 375. The molecule has 0 spiro atoms. The van der Waals surface area contributed by atoms with Crippen LogP contribution in [0.1, 0.15) is 18.4 Å². The van der Waals surface area contributed by atoms with Crippen LogP contribution in [-0.2, 0) is 6.42 Å². The monoisotopic (exact) mass is 187 g/mol. The average molecular weight is 187 g/mol. The fourth-order valence-electron chi connectivity index (χ4n) is 1.40. The fraction of sp³-hybridized carbons (Fsp3) is 0.364. The van der Waals surface area contributed by atoms with Gasteiger partial charge in [-0.05, 0) is 36.6 Å². The van der Waals surface area contributed by atoms with E-state index in [2.05, 4.69) is 11.4 Å². The van der Waals surface area contributed by atoms with Crippen molar-refractivity contribution in [3.63, 3.8) is 0 Å². The highest BCUT2D eigenvalue weighted by atomic mass is 14.9. The topological polar surface area (TPSA) is 61.8 Å². The Hall–Kier alpha value is -1.69. The molecule has 0 unspecified atom stereocenters. The lowest BCUT2D eigenvalue weighted by Gasteiger charge is -2.07. The zero-order valence-corrected chi connectivity index (χ0v) is 7.96. The van der Waals surface area contributed by atoms with E-state index in [0.29, 0.717) is 18.2 Å². The smallest absolute Gasteiger partial charge is 0.0670 e. The number of hydrogen-bond donors (Lipinski definition) is 2. The zero-order valence-electron chi connectivity index (χ0n) is 7.96. The van der Waals surface area contributed by atoms with Gasteiger partial charge in [-0.1, -0.05) is 0 Å². The summed E-state index contributed by atoms with van der Waals surface area (Å²) in [7, 11) is 0. The van der Waals surface area contributed by atoms with Crippen LogP contribution < -0.4 is 11.1 Å². The second-order valence-electron chi connectivity index (χ2n) is 3.67. The standard InChI is InChI=1S/C11H13N3/c12-6-5-8-7-10(3-4-11(8)13)14-9-1-2-9/h3-4,7,9,14H,1-2,5,13H2.